The highest BCUT2D eigenvalue weighted by Crippen LogP contribution is 2.19. The lowest BCUT2D eigenvalue weighted by Crippen LogP contribution is -2.23. The molecule has 0 aliphatic carbocycles. The molecule has 19 heavy (non-hydrogen) atoms. The van der Waals surface area contributed by atoms with Gasteiger partial charge in [-0.1, -0.05) is 30.7 Å². The van der Waals surface area contributed by atoms with E-state index in [1.807, 2.05) is 37.6 Å². The molecule has 1 atom stereocenters. The quantitative estimate of drug-likeness (QED) is 0.876. The van der Waals surface area contributed by atoms with Gasteiger partial charge in [0, 0.05) is 24.0 Å². The number of nitrogens with zero attached hydrogens (tertiary/aromatic N) is 2. The number of likely N-dealkylation sites (N-methyl/N-ethyl adjacent to an activating group) is 1. The van der Waals surface area contributed by atoms with Crippen LogP contribution in [0.1, 0.15) is 30.8 Å². The van der Waals surface area contributed by atoms with Gasteiger partial charge in [0.2, 0.25) is 0 Å². The zero-order valence-corrected chi connectivity index (χ0v) is 12.2. The predicted octanol–water partition coefficient (Wildman–Crippen LogP) is 3.45. The molecule has 102 valence electrons. The average molecular weight is 278 g/mol. The summed E-state index contributed by atoms with van der Waals surface area (Å²) in [5, 5.41) is 4.13. The molecular formula is C15H20ClN3. The number of hydrogen-bond acceptors (Lipinski definition) is 2. The van der Waals surface area contributed by atoms with Crippen molar-refractivity contribution in [3.05, 3.63) is 53.1 Å². The molecule has 1 heterocycles. The van der Waals surface area contributed by atoms with Crippen molar-refractivity contribution in [1.82, 2.24) is 14.9 Å². The fourth-order valence-electron chi connectivity index (χ4n) is 2.28. The number of hydrogen-bond donors (Lipinski definition) is 1. The monoisotopic (exact) mass is 277 g/mol. The molecule has 0 spiro atoms. The zero-order valence-electron chi connectivity index (χ0n) is 11.4. The van der Waals surface area contributed by atoms with Crippen LogP contribution in [-0.2, 0) is 13.0 Å². The second-order valence-corrected chi connectivity index (χ2v) is 5.09. The Morgan fingerprint density at radius 2 is 2.26 bits per heavy atom. The molecule has 3 nitrogen and oxygen atoms in total. The minimum absolute atomic E-state index is 0.208. The van der Waals surface area contributed by atoms with Gasteiger partial charge >= 0.3 is 0 Å². The Labute approximate surface area is 119 Å². The minimum Gasteiger partial charge on any atom is -0.334 e. The van der Waals surface area contributed by atoms with Gasteiger partial charge in [-0.15, -0.1) is 0 Å². The van der Waals surface area contributed by atoms with Crippen molar-refractivity contribution in [2.45, 2.75) is 32.4 Å². The smallest absolute Gasteiger partial charge is 0.126 e. The summed E-state index contributed by atoms with van der Waals surface area (Å²) in [6.45, 7) is 3.18. The molecule has 0 aliphatic heterocycles. The van der Waals surface area contributed by atoms with Gasteiger partial charge in [-0.25, -0.2) is 4.98 Å². The molecule has 2 aromatic rings. The van der Waals surface area contributed by atoms with Crippen LogP contribution in [0.5, 0.6) is 0 Å². The van der Waals surface area contributed by atoms with E-state index in [0.717, 1.165) is 30.2 Å². The fraction of sp³-hybridized carbons (Fsp3) is 0.400. The number of rotatable bonds is 6. The molecule has 0 fully saturated rings. The molecule has 1 aromatic carbocycles. The first kappa shape index (κ1) is 14.1. The van der Waals surface area contributed by atoms with Crippen LogP contribution in [0.2, 0.25) is 5.02 Å². The second-order valence-electron chi connectivity index (χ2n) is 4.65. The summed E-state index contributed by atoms with van der Waals surface area (Å²) in [4.78, 5) is 4.49. The average Bonchev–Trinajstić information content (AvgIpc) is 2.85. The Morgan fingerprint density at radius 3 is 2.95 bits per heavy atom. The van der Waals surface area contributed by atoms with Gasteiger partial charge in [0.25, 0.3) is 0 Å². The fourth-order valence-corrected chi connectivity index (χ4v) is 2.50. The molecule has 1 unspecified atom stereocenters. The number of benzene rings is 1. The molecule has 0 saturated carbocycles. The highest BCUT2D eigenvalue weighted by molar-refractivity contribution is 6.30. The second kappa shape index (κ2) is 6.73. The van der Waals surface area contributed by atoms with Crippen LogP contribution in [0, 0.1) is 0 Å². The zero-order chi connectivity index (χ0) is 13.7. The van der Waals surface area contributed by atoms with Crippen molar-refractivity contribution in [2.24, 2.45) is 0 Å². The maximum absolute atomic E-state index is 6.04. The summed E-state index contributed by atoms with van der Waals surface area (Å²) < 4.78 is 2.21. The first-order valence-corrected chi connectivity index (χ1v) is 7.05. The molecule has 2 rings (SSSR count). The lowest BCUT2D eigenvalue weighted by Gasteiger charge is -2.17. The molecular weight excluding hydrogens is 258 g/mol. The molecule has 1 aromatic heterocycles. The lowest BCUT2D eigenvalue weighted by molar-refractivity contribution is 0.512. The summed E-state index contributed by atoms with van der Waals surface area (Å²) in [5.74, 6) is 1.09. The van der Waals surface area contributed by atoms with E-state index in [1.165, 1.54) is 5.56 Å². The van der Waals surface area contributed by atoms with Crippen molar-refractivity contribution in [1.29, 1.82) is 0 Å². The van der Waals surface area contributed by atoms with Gasteiger partial charge in [-0.3, -0.25) is 0 Å². The Hall–Kier alpha value is -1.32. The van der Waals surface area contributed by atoms with E-state index in [2.05, 4.69) is 27.9 Å². The molecule has 1 N–H and O–H groups in total. The summed E-state index contributed by atoms with van der Waals surface area (Å²) in [6, 6.07) is 8.21. The highest BCUT2D eigenvalue weighted by atomic mass is 35.5. The van der Waals surface area contributed by atoms with Crippen LogP contribution in [-0.4, -0.2) is 16.6 Å². The van der Waals surface area contributed by atoms with Crippen LogP contribution in [0.15, 0.2) is 36.7 Å². The lowest BCUT2D eigenvalue weighted by atomic mass is 10.1. The first-order chi connectivity index (χ1) is 9.24. The third kappa shape index (κ3) is 3.58. The molecule has 0 saturated heterocycles. The van der Waals surface area contributed by atoms with Gasteiger partial charge in [0.15, 0.2) is 0 Å². The van der Waals surface area contributed by atoms with E-state index in [1.54, 1.807) is 0 Å². The normalized spacial score (nSPS) is 12.6. The van der Waals surface area contributed by atoms with Crippen molar-refractivity contribution >= 4 is 11.6 Å². The van der Waals surface area contributed by atoms with Crippen molar-refractivity contribution in [2.75, 3.05) is 7.05 Å². The van der Waals surface area contributed by atoms with Crippen LogP contribution in [0.4, 0.5) is 0 Å². The maximum Gasteiger partial charge on any atom is 0.126 e. The van der Waals surface area contributed by atoms with Gasteiger partial charge in [0.1, 0.15) is 5.82 Å². The SMILES string of the molecule is CCCn1ccnc1C(Cc1cccc(Cl)c1)NC. The number of nitrogens with one attached hydrogen (secondary N) is 1. The van der Waals surface area contributed by atoms with Crippen molar-refractivity contribution in [3.63, 3.8) is 0 Å². The van der Waals surface area contributed by atoms with Crippen LogP contribution in [0.25, 0.3) is 0 Å². The summed E-state index contributed by atoms with van der Waals surface area (Å²) in [5.41, 5.74) is 1.22. The van der Waals surface area contributed by atoms with Gasteiger partial charge in [-0.2, -0.15) is 0 Å². The maximum atomic E-state index is 6.04. The number of aromatic nitrogens is 2. The largest absolute Gasteiger partial charge is 0.334 e. The molecule has 0 aliphatic rings. The van der Waals surface area contributed by atoms with E-state index in [4.69, 9.17) is 11.6 Å². The molecule has 0 radical (unpaired) electrons. The van der Waals surface area contributed by atoms with E-state index < -0.39 is 0 Å². The standard InChI is InChI=1S/C15H20ClN3/c1-3-8-19-9-7-18-15(19)14(17-2)11-12-5-4-6-13(16)10-12/h4-7,9-10,14,17H,3,8,11H2,1-2H3. The van der Waals surface area contributed by atoms with E-state index in [0.29, 0.717) is 0 Å². The molecule has 0 amide bonds. The molecule has 0 bridgehead atoms. The van der Waals surface area contributed by atoms with E-state index in [-0.39, 0.29) is 6.04 Å². The number of aryl methyl sites for hydroxylation is 1. The summed E-state index contributed by atoms with van der Waals surface area (Å²) in [7, 11) is 1.97. The van der Waals surface area contributed by atoms with E-state index in [9.17, 15) is 0 Å². The summed E-state index contributed by atoms with van der Waals surface area (Å²) in [6.07, 6.45) is 5.91. The summed E-state index contributed by atoms with van der Waals surface area (Å²) >= 11 is 6.04. The Balaban J connectivity index is 2.18. The minimum atomic E-state index is 0.208. The number of halogens is 1. The highest BCUT2D eigenvalue weighted by Gasteiger charge is 2.15. The van der Waals surface area contributed by atoms with E-state index >= 15 is 0 Å². The Morgan fingerprint density at radius 1 is 1.42 bits per heavy atom. The third-order valence-electron chi connectivity index (χ3n) is 3.20. The van der Waals surface area contributed by atoms with Crippen LogP contribution in [0.3, 0.4) is 0 Å². The predicted molar refractivity (Wildman–Crippen MR) is 79.5 cm³/mol. The number of imidazole rings is 1. The Kier molecular flexibility index (Phi) is 5.00. The van der Waals surface area contributed by atoms with Crippen LogP contribution >= 0.6 is 11.6 Å². The third-order valence-corrected chi connectivity index (χ3v) is 3.44. The van der Waals surface area contributed by atoms with Gasteiger partial charge in [-0.05, 0) is 37.6 Å². The van der Waals surface area contributed by atoms with Crippen LogP contribution < -0.4 is 5.32 Å². The van der Waals surface area contributed by atoms with Crippen molar-refractivity contribution in [3.8, 4) is 0 Å². The Bertz CT molecular complexity index is 522. The molecule has 4 heteroatoms. The van der Waals surface area contributed by atoms with Crippen molar-refractivity contribution < 1.29 is 0 Å². The topological polar surface area (TPSA) is 29.9 Å². The first-order valence-electron chi connectivity index (χ1n) is 6.67. The van der Waals surface area contributed by atoms with Gasteiger partial charge < -0.3 is 9.88 Å². The van der Waals surface area contributed by atoms with Gasteiger partial charge in [0.05, 0.1) is 6.04 Å².